The van der Waals surface area contributed by atoms with E-state index in [1.165, 1.54) is 0 Å². The minimum Gasteiger partial charge on any atom is -0.289 e. The van der Waals surface area contributed by atoms with Gasteiger partial charge in [0, 0.05) is 44.5 Å². The minimum absolute atomic E-state index is 0.0313. The zero-order valence-electron chi connectivity index (χ0n) is 34.6. The van der Waals surface area contributed by atoms with Crippen molar-refractivity contribution in [3.63, 3.8) is 0 Å². The summed E-state index contributed by atoms with van der Waals surface area (Å²) in [6.07, 6.45) is 0. The van der Waals surface area contributed by atoms with E-state index >= 15 is 0 Å². The molecular weight excluding hydrogens is 641 g/mol. The average molecular weight is 701 g/mol. The fourth-order valence-corrected chi connectivity index (χ4v) is 7.18. The molecule has 2 aliphatic rings. The van der Waals surface area contributed by atoms with Gasteiger partial charge in [-0.3, -0.25) is 19.2 Å². The zero-order chi connectivity index (χ0) is 39.7. The highest BCUT2D eigenvalue weighted by Gasteiger charge is 2.39. The molecule has 0 bridgehead atoms. The summed E-state index contributed by atoms with van der Waals surface area (Å²) in [5.74, 6) is -0.162. The lowest BCUT2D eigenvalue weighted by Crippen LogP contribution is -2.30. The van der Waals surface area contributed by atoms with E-state index in [2.05, 4.69) is 83.1 Å². The monoisotopic (exact) mass is 700 g/mol. The van der Waals surface area contributed by atoms with E-state index < -0.39 is 0 Å². The Morgan fingerprint density at radius 1 is 0.308 bits per heavy atom. The van der Waals surface area contributed by atoms with Crippen molar-refractivity contribution in [1.29, 1.82) is 0 Å². The Bertz CT molecular complexity index is 1860. The van der Waals surface area contributed by atoms with Gasteiger partial charge in [0.15, 0.2) is 23.1 Å². The number of carbonyl (C=O) groups is 4. The molecule has 0 amide bonds. The topological polar surface area (TPSA) is 68.3 Å². The van der Waals surface area contributed by atoms with Crippen molar-refractivity contribution in [2.24, 2.45) is 0 Å². The van der Waals surface area contributed by atoms with Gasteiger partial charge in [0.2, 0.25) is 0 Å². The molecule has 0 atom stereocenters. The van der Waals surface area contributed by atoms with E-state index in [1.807, 2.05) is 76.2 Å². The van der Waals surface area contributed by atoms with Crippen LogP contribution in [0.3, 0.4) is 0 Å². The summed E-state index contributed by atoms with van der Waals surface area (Å²) in [5, 5.41) is 0. The number of carbonyl (C=O) groups excluding carboxylic acids is 4. The molecule has 0 aromatic heterocycles. The van der Waals surface area contributed by atoms with Gasteiger partial charge >= 0.3 is 0 Å². The molecule has 0 saturated heterocycles. The SMILES string of the molecule is CC.CC.CC(C)(C)c1ccc2c(c1C(C)(C)C)C(=O)c1ccccc1C2=O.CC(C)(C)c1ccc2c(c1C(C)(C)C)C(=O)c1ccccc1C2=O. The van der Waals surface area contributed by atoms with Crippen LogP contribution in [0.5, 0.6) is 0 Å². The molecule has 0 saturated carbocycles. The van der Waals surface area contributed by atoms with Crippen LogP contribution in [0, 0.1) is 0 Å². The van der Waals surface area contributed by atoms with Crippen molar-refractivity contribution in [3.8, 4) is 0 Å². The average Bonchev–Trinajstić information content (AvgIpc) is 3.08. The molecule has 6 rings (SSSR count). The van der Waals surface area contributed by atoms with Gasteiger partial charge in [0.1, 0.15) is 0 Å². The smallest absolute Gasteiger partial charge is 0.194 e. The van der Waals surface area contributed by atoms with Crippen LogP contribution >= 0.6 is 0 Å². The van der Waals surface area contributed by atoms with Crippen molar-refractivity contribution >= 4 is 23.1 Å². The highest BCUT2D eigenvalue weighted by molar-refractivity contribution is 6.30. The first-order valence-corrected chi connectivity index (χ1v) is 18.8. The fourth-order valence-electron chi connectivity index (χ4n) is 7.18. The molecule has 276 valence electrons. The number of ketones is 4. The summed E-state index contributed by atoms with van der Waals surface area (Å²) in [6.45, 7) is 33.5. The lowest BCUT2D eigenvalue weighted by atomic mass is 9.69. The maximum absolute atomic E-state index is 13.2. The maximum atomic E-state index is 13.2. The largest absolute Gasteiger partial charge is 0.289 e. The highest BCUT2D eigenvalue weighted by atomic mass is 16.1. The summed E-state index contributed by atoms with van der Waals surface area (Å²) in [5.41, 5.74) is 7.95. The molecule has 0 heterocycles. The van der Waals surface area contributed by atoms with Gasteiger partial charge in [-0.15, -0.1) is 0 Å². The molecule has 0 aliphatic heterocycles. The standard InChI is InChI=1S/2C22H24O2.2C2H6/c2*1-21(2,3)16-12-11-15-17(18(16)22(4,5)6)20(24)14-10-8-7-9-13(14)19(15)23;2*1-2/h2*7-12H,1-6H3;2*1-2H3. The van der Waals surface area contributed by atoms with Gasteiger partial charge in [-0.2, -0.15) is 0 Å². The second-order valence-corrected chi connectivity index (χ2v) is 17.2. The molecule has 0 fully saturated rings. The summed E-state index contributed by atoms with van der Waals surface area (Å²) in [4.78, 5) is 52.4. The molecule has 52 heavy (non-hydrogen) atoms. The summed E-state index contributed by atoms with van der Waals surface area (Å²) < 4.78 is 0. The lowest BCUT2D eigenvalue weighted by Gasteiger charge is -2.34. The van der Waals surface area contributed by atoms with Crippen LogP contribution in [0.1, 0.15) is 197 Å². The Hall–Kier alpha value is -4.44. The van der Waals surface area contributed by atoms with Crippen LogP contribution in [0.25, 0.3) is 0 Å². The summed E-state index contributed by atoms with van der Waals surface area (Å²) >= 11 is 0. The molecular formula is C48H60O4. The van der Waals surface area contributed by atoms with Crippen molar-refractivity contribution in [1.82, 2.24) is 0 Å². The van der Waals surface area contributed by atoms with Gasteiger partial charge in [-0.25, -0.2) is 0 Å². The third-order valence-electron chi connectivity index (χ3n) is 9.30. The number of benzene rings is 4. The Labute approximate surface area is 313 Å². The molecule has 0 unspecified atom stereocenters. The summed E-state index contributed by atoms with van der Waals surface area (Å²) in [7, 11) is 0. The Balaban J connectivity index is 0.000000256. The molecule has 4 nitrogen and oxygen atoms in total. The minimum atomic E-state index is -0.226. The second kappa shape index (κ2) is 15.3. The summed E-state index contributed by atoms with van der Waals surface area (Å²) in [6, 6.07) is 22.0. The quantitative estimate of drug-likeness (QED) is 0.158. The number of rotatable bonds is 0. The number of hydrogen-bond donors (Lipinski definition) is 0. The maximum Gasteiger partial charge on any atom is 0.194 e. The van der Waals surface area contributed by atoms with Gasteiger partial charge in [0.05, 0.1) is 0 Å². The first kappa shape index (κ1) is 42.0. The van der Waals surface area contributed by atoms with E-state index in [0.29, 0.717) is 44.5 Å². The molecule has 4 aromatic carbocycles. The molecule has 4 heteroatoms. The van der Waals surface area contributed by atoms with Crippen LogP contribution in [-0.2, 0) is 21.7 Å². The van der Waals surface area contributed by atoms with Crippen molar-refractivity contribution in [2.45, 2.75) is 132 Å². The Morgan fingerprint density at radius 2 is 0.558 bits per heavy atom. The normalized spacial score (nSPS) is 13.5. The van der Waals surface area contributed by atoms with Crippen molar-refractivity contribution in [2.75, 3.05) is 0 Å². The van der Waals surface area contributed by atoms with Crippen LogP contribution in [0.4, 0.5) is 0 Å². The highest BCUT2D eigenvalue weighted by Crippen LogP contribution is 2.42. The van der Waals surface area contributed by atoms with E-state index in [1.54, 1.807) is 24.3 Å². The van der Waals surface area contributed by atoms with Crippen LogP contribution in [0.2, 0.25) is 0 Å². The first-order chi connectivity index (χ1) is 24.1. The van der Waals surface area contributed by atoms with E-state index in [0.717, 1.165) is 22.3 Å². The van der Waals surface area contributed by atoms with Crippen molar-refractivity contribution < 1.29 is 19.2 Å². The van der Waals surface area contributed by atoms with Gasteiger partial charge in [-0.1, -0.05) is 171 Å². The van der Waals surface area contributed by atoms with E-state index in [4.69, 9.17) is 0 Å². The number of hydrogen-bond acceptors (Lipinski definition) is 4. The van der Waals surface area contributed by atoms with Crippen LogP contribution in [0.15, 0.2) is 72.8 Å². The van der Waals surface area contributed by atoms with Gasteiger partial charge in [-0.05, 0) is 56.0 Å². The predicted octanol–water partition coefficient (Wildman–Crippen LogP) is 12.2. The van der Waals surface area contributed by atoms with Crippen LogP contribution < -0.4 is 0 Å². The molecule has 0 N–H and O–H groups in total. The number of fused-ring (bicyclic) bond motifs is 4. The Morgan fingerprint density at radius 3 is 0.788 bits per heavy atom. The molecule has 2 aliphatic carbocycles. The van der Waals surface area contributed by atoms with Gasteiger partial charge in [0.25, 0.3) is 0 Å². The molecule has 0 radical (unpaired) electrons. The van der Waals surface area contributed by atoms with Crippen LogP contribution in [-0.4, -0.2) is 23.1 Å². The predicted molar refractivity (Wildman–Crippen MR) is 217 cm³/mol. The Kier molecular flexibility index (Phi) is 12.3. The molecule has 0 spiro atoms. The van der Waals surface area contributed by atoms with Gasteiger partial charge < -0.3 is 0 Å². The first-order valence-electron chi connectivity index (χ1n) is 18.8. The van der Waals surface area contributed by atoms with E-state index in [9.17, 15) is 19.2 Å². The fraction of sp³-hybridized carbons (Fsp3) is 0.417. The van der Waals surface area contributed by atoms with Crippen molar-refractivity contribution in [3.05, 3.63) is 140 Å². The second-order valence-electron chi connectivity index (χ2n) is 17.2. The zero-order valence-corrected chi connectivity index (χ0v) is 34.6. The lowest BCUT2D eigenvalue weighted by molar-refractivity contribution is 0.0977. The third-order valence-corrected chi connectivity index (χ3v) is 9.30. The molecule has 4 aromatic rings. The van der Waals surface area contributed by atoms with E-state index in [-0.39, 0.29) is 44.8 Å². The third kappa shape index (κ3) is 7.82.